The highest BCUT2D eigenvalue weighted by atomic mass is 15.2. The van der Waals surface area contributed by atoms with Gasteiger partial charge in [-0.25, -0.2) is 0 Å². The van der Waals surface area contributed by atoms with Gasteiger partial charge in [0.15, 0.2) is 0 Å². The quantitative estimate of drug-likeness (QED) is 0.844. The van der Waals surface area contributed by atoms with Crippen molar-refractivity contribution in [2.24, 2.45) is 0 Å². The van der Waals surface area contributed by atoms with E-state index in [-0.39, 0.29) is 0 Å². The van der Waals surface area contributed by atoms with E-state index in [1.165, 1.54) is 19.4 Å². The van der Waals surface area contributed by atoms with Gasteiger partial charge in [0.25, 0.3) is 0 Å². The Kier molecular flexibility index (Phi) is 4.61. The van der Waals surface area contributed by atoms with Crippen LogP contribution in [0.4, 0.5) is 5.69 Å². The van der Waals surface area contributed by atoms with Gasteiger partial charge in [0.05, 0.1) is 16.9 Å². The molecule has 1 atom stereocenters. The number of hydrogen-bond acceptors (Lipinski definition) is 4. The molecule has 0 spiro atoms. The maximum Gasteiger partial charge on any atom is 0.103 e. The molecule has 20 heavy (non-hydrogen) atoms. The third-order valence-electron chi connectivity index (χ3n) is 4.22. The van der Waals surface area contributed by atoms with E-state index >= 15 is 0 Å². The van der Waals surface area contributed by atoms with Crippen molar-refractivity contribution in [3.8, 4) is 6.07 Å². The molecule has 1 aromatic rings. The number of likely N-dealkylation sites (tertiary alicyclic amines) is 1. The lowest BCUT2D eigenvalue weighted by Crippen LogP contribution is -2.39. The van der Waals surface area contributed by atoms with E-state index in [0.717, 1.165) is 30.2 Å². The number of aryl methyl sites for hydroxylation is 2. The summed E-state index contributed by atoms with van der Waals surface area (Å²) in [5.41, 5.74) is 3.52. The normalized spacial score (nSPS) is 19.1. The van der Waals surface area contributed by atoms with Crippen LogP contribution in [0.5, 0.6) is 0 Å². The molecule has 1 aliphatic heterocycles. The van der Waals surface area contributed by atoms with E-state index < -0.39 is 0 Å². The summed E-state index contributed by atoms with van der Waals surface area (Å²) in [6.45, 7) is 9.41. The first-order chi connectivity index (χ1) is 9.56. The summed E-state index contributed by atoms with van der Waals surface area (Å²) < 4.78 is 0. The summed E-state index contributed by atoms with van der Waals surface area (Å²) in [7, 11) is 2.08. The fraction of sp³-hybridized carbons (Fsp3) is 0.625. The van der Waals surface area contributed by atoms with E-state index in [0.29, 0.717) is 11.6 Å². The van der Waals surface area contributed by atoms with Crippen molar-refractivity contribution in [3.05, 3.63) is 23.0 Å². The first kappa shape index (κ1) is 14.8. The fourth-order valence-corrected chi connectivity index (χ4v) is 3.18. The minimum absolute atomic E-state index is 0.602. The predicted molar refractivity (Wildman–Crippen MR) is 82.0 cm³/mol. The Morgan fingerprint density at radius 3 is 2.90 bits per heavy atom. The Labute approximate surface area is 122 Å². The predicted octanol–water partition coefficient (Wildman–Crippen LogP) is 2.49. The largest absolute Gasteiger partial charge is 0.372 e. The highest BCUT2D eigenvalue weighted by Gasteiger charge is 2.25. The van der Waals surface area contributed by atoms with Gasteiger partial charge in [-0.2, -0.15) is 5.26 Å². The highest BCUT2D eigenvalue weighted by Crippen LogP contribution is 2.25. The summed E-state index contributed by atoms with van der Waals surface area (Å²) >= 11 is 0. The van der Waals surface area contributed by atoms with Crippen LogP contribution in [0.15, 0.2) is 6.07 Å². The van der Waals surface area contributed by atoms with E-state index in [2.05, 4.69) is 34.8 Å². The second-order valence-corrected chi connectivity index (χ2v) is 5.66. The molecule has 0 saturated carbocycles. The molecule has 108 valence electrons. The van der Waals surface area contributed by atoms with Gasteiger partial charge < -0.3 is 4.90 Å². The summed E-state index contributed by atoms with van der Waals surface area (Å²) in [4.78, 5) is 9.14. The molecule has 2 rings (SSSR count). The molecule has 1 saturated heterocycles. The van der Waals surface area contributed by atoms with Crippen LogP contribution in [0.25, 0.3) is 0 Å². The Bertz CT molecular complexity index is 518. The maximum atomic E-state index is 9.37. The van der Waals surface area contributed by atoms with Crippen molar-refractivity contribution in [1.82, 2.24) is 9.88 Å². The van der Waals surface area contributed by atoms with Gasteiger partial charge >= 0.3 is 0 Å². The third-order valence-corrected chi connectivity index (χ3v) is 4.22. The SMILES string of the molecule is CCN1CCCC1CN(C)c1cc(C)nc(C)c1C#N. The van der Waals surface area contributed by atoms with Crippen molar-refractivity contribution in [3.63, 3.8) is 0 Å². The van der Waals surface area contributed by atoms with Gasteiger partial charge in [-0.3, -0.25) is 9.88 Å². The third kappa shape index (κ3) is 2.94. The monoisotopic (exact) mass is 272 g/mol. The average Bonchev–Trinajstić information content (AvgIpc) is 2.85. The molecule has 0 bridgehead atoms. The number of nitriles is 1. The number of pyridine rings is 1. The molecule has 0 N–H and O–H groups in total. The van der Waals surface area contributed by atoms with E-state index in [1.807, 2.05) is 19.9 Å². The highest BCUT2D eigenvalue weighted by molar-refractivity contribution is 5.61. The number of aromatic nitrogens is 1. The molecule has 1 unspecified atom stereocenters. The topological polar surface area (TPSA) is 43.2 Å². The van der Waals surface area contributed by atoms with Crippen molar-refractivity contribution in [1.29, 1.82) is 5.26 Å². The van der Waals surface area contributed by atoms with Gasteiger partial charge in [-0.05, 0) is 45.8 Å². The zero-order chi connectivity index (χ0) is 14.7. The summed E-state index contributed by atoms with van der Waals surface area (Å²) in [5, 5.41) is 9.37. The smallest absolute Gasteiger partial charge is 0.103 e. The number of rotatable bonds is 4. The zero-order valence-electron chi connectivity index (χ0n) is 13.0. The first-order valence-corrected chi connectivity index (χ1v) is 7.40. The molecule has 1 aromatic heterocycles. The molecule has 2 heterocycles. The van der Waals surface area contributed by atoms with Crippen molar-refractivity contribution >= 4 is 5.69 Å². The molecule has 0 amide bonds. The van der Waals surface area contributed by atoms with Crippen molar-refractivity contribution in [2.45, 2.75) is 39.7 Å². The van der Waals surface area contributed by atoms with Gasteiger partial charge in [-0.15, -0.1) is 0 Å². The molecule has 0 aliphatic carbocycles. The van der Waals surface area contributed by atoms with Crippen LogP contribution in [-0.4, -0.2) is 42.6 Å². The number of nitrogens with zero attached hydrogens (tertiary/aromatic N) is 4. The Balaban J connectivity index is 2.21. The lowest BCUT2D eigenvalue weighted by Gasteiger charge is -2.29. The van der Waals surface area contributed by atoms with Gasteiger partial charge in [0.1, 0.15) is 6.07 Å². The fourth-order valence-electron chi connectivity index (χ4n) is 3.18. The van der Waals surface area contributed by atoms with Crippen molar-refractivity contribution in [2.75, 3.05) is 31.6 Å². The minimum atomic E-state index is 0.602. The molecule has 4 heteroatoms. The van der Waals surface area contributed by atoms with Crippen molar-refractivity contribution < 1.29 is 0 Å². The molecule has 4 nitrogen and oxygen atoms in total. The minimum Gasteiger partial charge on any atom is -0.372 e. The summed E-state index contributed by atoms with van der Waals surface area (Å²) in [5.74, 6) is 0. The van der Waals surface area contributed by atoms with Gasteiger partial charge in [0.2, 0.25) is 0 Å². The van der Waals surface area contributed by atoms with Crippen LogP contribution in [0.2, 0.25) is 0 Å². The van der Waals surface area contributed by atoms with E-state index in [4.69, 9.17) is 0 Å². The first-order valence-electron chi connectivity index (χ1n) is 7.40. The Morgan fingerprint density at radius 2 is 2.25 bits per heavy atom. The lowest BCUT2D eigenvalue weighted by molar-refractivity contribution is 0.270. The van der Waals surface area contributed by atoms with Crippen LogP contribution in [-0.2, 0) is 0 Å². The number of anilines is 1. The van der Waals surface area contributed by atoms with Gasteiger partial charge in [-0.1, -0.05) is 6.92 Å². The second-order valence-electron chi connectivity index (χ2n) is 5.66. The summed E-state index contributed by atoms with van der Waals surface area (Å²) in [6.07, 6.45) is 2.54. The molecule has 0 radical (unpaired) electrons. The number of likely N-dealkylation sites (N-methyl/N-ethyl adjacent to an activating group) is 2. The average molecular weight is 272 g/mol. The van der Waals surface area contributed by atoms with Crippen LogP contribution >= 0.6 is 0 Å². The summed E-state index contributed by atoms with van der Waals surface area (Å²) in [6, 6.07) is 4.93. The molecular weight excluding hydrogens is 248 g/mol. The van der Waals surface area contributed by atoms with E-state index in [9.17, 15) is 5.26 Å². The van der Waals surface area contributed by atoms with Crippen LogP contribution in [0.1, 0.15) is 36.7 Å². The van der Waals surface area contributed by atoms with Crippen LogP contribution in [0.3, 0.4) is 0 Å². The number of hydrogen-bond donors (Lipinski definition) is 0. The van der Waals surface area contributed by atoms with Gasteiger partial charge in [0, 0.05) is 25.3 Å². The maximum absolute atomic E-state index is 9.37. The molecule has 0 aromatic carbocycles. The molecule has 1 aliphatic rings. The Morgan fingerprint density at radius 1 is 1.50 bits per heavy atom. The lowest BCUT2D eigenvalue weighted by atomic mass is 10.1. The van der Waals surface area contributed by atoms with Crippen LogP contribution in [0, 0.1) is 25.2 Å². The standard InChI is InChI=1S/C16H24N4/c1-5-20-8-6-7-14(20)11-19(4)16-9-12(2)18-13(3)15(16)10-17/h9,14H,5-8,11H2,1-4H3. The molecule has 1 fully saturated rings. The second kappa shape index (κ2) is 6.23. The van der Waals surface area contributed by atoms with Crippen LogP contribution < -0.4 is 4.90 Å². The molecular formula is C16H24N4. The van der Waals surface area contributed by atoms with E-state index in [1.54, 1.807) is 0 Å². The Hall–Kier alpha value is -1.60. The zero-order valence-corrected chi connectivity index (χ0v) is 13.0.